The normalized spacial score (nSPS) is 15.8. The summed E-state index contributed by atoms with van der Waals surface area (Å²) in [5.74, 6) is 0.496. The van der Waals surface area contributed by atoms with Crippen molar-refractivity contribution in [3.8, 4) is 5.75 Å². The summed E-state index contributed by atoms with van der Waals surface area (Å²) < 4.78 is 11.0. The van der Waals surface area contributed by atoms with Crippen molar-refractivity contribution in [2.24, 2.45) is 0 Å². The maximum atomic E-state index is 11.9. The van der Waals surface area contributed by atoms with Crippen LogP contribution in [-0.2, 0) is 4.74 Å². The molecule has 1 aliphatic heterocycles. The second kappa shape index (κ2) is 8.00. The highest BCUT2D eigenvalue weighted by atomic mass is 16.5. The molecule has 1 amide bonds. The molecule has 122 valence electrons. The summed E-state index contributed by atoms with van der Waals surface area (Å²) in [6.45, 7) is 8.69. The summed E-state index contributed by atoms with van der Waals surface area (Å²) in [5.41, 5.74) is 7.00. The van der Waals surface area contributed by atoms with Gasteiger partial charge in [0.15, 0.2) is 0 Å². The molecule has 0 radical (unpaired) electrons. The van der Waals surface area contributed by atoms with Gasteiger partial charge >= 0.3 is 0 Å². The molecule has 0 aliphatic carbocycles. The predicted molar refractivity (Wildman–Crippen MR) is 86.2 cm³/mol. The van der Waals surface area contributed by atoms with Gasteiger partial charge in [0.05, 0.1) is 18.9 Å². The van der Waals surface area contributed by atoms with Crippen LogP contribution < -0.4 is 15.8 Å². The van der Waals surface area contributed by atoms with Crippen LogP contribution in [-0.4, -0.2) is 56.3 Å². The number of anilines is 1. The van der Waals surface area contributed by atoms with E-state index in [0.29, 0.717) is 23.6 Å². The summed E-state index contributed by atoms with van der Waals surface area (Å²) in [6, 6.07) is 5.24. The molecule has 1 heterocycles. The van der Waals surface area contributed by atoms with Crippen LogP contribution >= 0.6 is 0 Å². The maximum absolute atomic E-state index is 11.9. The number of nitrogens with two attached hydrogens (primary N) is 1. The summed E-state index contributed by atoms with van der Waals surface area (Å²) in [7, 11) is 0. The van der Waals surface area contributed by atoms with Crippen molar-refractivity contribution in [2.45, 2.75) is 19.9 Å². The topological polar surface area (TPSA) is 76.8 Å². The zero-order chi connectivity index (χ0) is 15.9. The molecule has 2 rings (SSSR count). The Morgan fingerprint density at radius 1 is 1.41 bits per heavy atom. The van der Waals surface area contributed by atoms with E-state index in [2.05, 4.69) is 10.2 Å². The largest absolute Gasteiger partial charge is 0.490 e. The van der Waals surface area contributed by atoms with Crippen molar-refractivity contribution >= 4 is 11.6 Å². The van der Waals surface area contributed by atoms with Crippen LogP contribution in [0.5, 0.6) is 5.75 Å². The Kier molecular flexibility index (Phi) is 6.03. The fourth-order valence-corrected chi connectivity index (χ4v) is 2.28. The number of amides is 1. The predicted octanol–water partition coefficient (Wildman–Crippen LogP) is 1.12. The van der Waals surface area contributed by atoms with Gasteiger partial charge in [0, 0.05) is 31.2 Å². The van der Waals surface area contributed by atoms with Crippen molar-refractivity contribution in [3.63, 3.8) is 0 Å². The molecule has 0 saturated carbocycles. The molecule has 6 nitrogen and oxygen atoms in total. The highest BCUT2D eigenvalue weighted by molar-refractivity contribution is 5.95. The highest BCUT2D eigenvalue weighted by Gasteiger charge is 2.12. The molecule has 1 fully saturated rings. The number of carbonyl (C=O) groups excluding carboxylic acids is 1. The Morgan fingerprint density at radius 3 is 2.77 bits per heavy atom. The molecule has 1 aromatic rings. The number of rotatable bonds is 6. The Hall–Kier alpha value is -1.79. The summed E-state index contributed by atoms with van der Waals surface area (Å²) in [5, 5.41) is 2.84. The quantitative estimate of drug-likeness (QED) is 0.770. The number of nitrogens with zero attached hydrogens (tertiary/aromatic N) is 1. The van der Waals surface area contributed by atoms with Gasteiger partial charge in [-0.1, -0.05) is 0 Å². The first-order valence-electron chi connectivity index (χ1n) is 7.69. The van der Waals surface area contributed by atoms with Crippen LogP contribution in [0.1, 0.15) is 24.2 Å². The standard InChI is InChI=1S/C16H25N3O3/c1-12(2)18-16(20)13-3-4-15(14(17)11-13)22-10-7-19-5-8-21-9-6-19/h3-4,11-12H,5-10,17H2,1-2H3,(H,18,20). The number of morpholine rings is 1. The van der Waals surface area contributed by atoms with Gasteiger partial charge in [0.25, 0.3) is 5.91 Å². The minimum absolute atomic E-state index is 0.0955. The van der Waals surface area contributed by atoms with Gasteiger partial charge in [0.2, 0.25) is 0 Å². The van der Waals surface area contributed by atoms with Gasteiger partial charge in [-0.05, 0) is 32.0 Å². The van der Waals surface area contributed by atoms with Crippen LogP contribution in [0.2, 0.25) is 0 Å². The van der Waals surface area contributed by atoms with E-state index >= 15 is 0 Å². The van der Waals surface area contributed by atoms with Gasteiger partial charge < -0.3 is 20.5 Å². The van der Waals surface area contributed by atoms with E-state index in [1.54, 1.807) is 18.2 Å². The third-order valence-electron chi connectivity index (χ3n) is 3.46. The first-order chi connectivity index (χ1) is 10.6. The first kappa shape index (κ1) is 16.6. The molecule has 0 unspecified atom stereocenters. The average Bonchev–Trinajstić information content (AvgIpc) is 2.49. The van der Waals surface area contributed by atoms with E-state index in [9.17, 15) is 4.79 Å². The zero-order valence-electron chi connectivity index (χ0n) is 13.3. The molecule has 3 N–H and O–H groups in total. The minimum Gasteiger partial charge on any atom is -0.490 e. The van der Waals surface area contributed by atoms with Crippen molar-refractivity contribution in [1.82, 2.24) is 10.2 Å². The van der Waals surface area contributed by atoms with Crippen molar-refractivity contribution < 1.29 is 14.3 Å². The molecule has 22 heavy (non-hydrogen) atoms. The number of hydrogen-bond acceptors (Lipinski definition) is 5. The lowest BCUT2D eigenvalue weighted by molar-refractivity contribution is 0.0323. The second-order valence-electron chi connectivity index (χ2n) is 5.68. The van der Waals surface area contributed by atoms with Crippen LogP contribution in [0.3, 0.4) is 0 Å². The zero-order valence-corrected chi connectivity index (χ0v) is 13.3. The molecule has 0 atom stereocenters. The fourth-order valence-electron chi connectivity index (χ4n) is 2.28. The Morgan fingerprint density at radius 2 is 2.14 bits per heavy atom. The molecule has 6 heteroatoms. The maximum Gasteiger partial charge on any atom is 0.251 e. The van der Waals surface area contributed by atoms with Gasteiger partial charge in [-0.3, -0.25) is 9.69 Å². The van der Waals surface area contributed by atoms with E-state index in [1.165, 1.54) is 0 Å². The third kappa shape index (κ3) is 4.89. The van der Waals surface area contributed by atoms with Gasteiger partial charge in [-0.25, -0.2) is 0 Å². The molecule has 0 spiro atoms. The number of nitrogens with one attached hydrogen (secondary N) is 1. The van der Waals surface area contributed by atoms with Crippen LogP contribution in [0.15, 0.2) is 18.2 Å². The van der Waals surface area contributed by atoms with E-state index in [4.69, 9.17) is 15.2 Å². The summed E-state index contributed by atoms with van der Waals surface area (Å²) >= 11 is 0. The molecule has 1 aliphatic rings. The summed E-state index contributed by atoms with van der Waals surface area (Å²) in [6.07, 6.45) is 0. The van der Waals surface area contributed by atoms with E-state index in [0.717, 1.165) is 32.8 Å². The monoisotopic (exact) mass is 307 g/mol. The number of ether oxygens (including phenoxy) is 2. The first-order valence-corrected chi connectivity index (χ1v) is 7.69. The summed E-state index contributed by atoms with van der Waals surface area (Å²) in [4.78, 5) is 14.2. The number of carbonyl (C=O) groups is 1. The molecular formula is C16H25N3O3. The Bertz CT molecular complexity index is 499. The van der Waals surface area contributed by atoms with Crippen molar-refractivity contribution in [1.29, 1.82) is 0 Å². The van der Waals surface area contributed by atoms with Crippen molar-refractivity contribution in [3.05, 3.63) is 23.8 Å². The molecule has 1 aromatic carbocycles. The van der Waals surface area contributed by atoms with Gasteiger partial charge in [-0.2, -0.15) is 0 Å². The minimum atomic E-state index is -0.124. The second-order valence-corrected chi connectivity index (χ2v) is 5.68. The lowest BCUT2D eigenvalue weighted by Crippen LogP contribution is -2.38. The molecule has 1 saturated heterocycles. The van der Waals surface area contributed by atoms with Crippen LogP contribution in [0.25, 0.3) is 0 Å². The van der Waals surface area contributed by atoms with Crippen LogP contribution in [0, 0.1) is 0 Å². The smallest absolute Gasteiger partial charge is 0.251 e. The van der Waals surface area contributed by atoms with Gasteiger partial charge in [0.1, 0.15) is 12.4 Å². The average molecular weight is 307 g/mol. The Balaban J connectivity index is 1.85. The fraction of sp³-hybridized carbons (Fsp3) is 0.562. The Labute approximate surface area is 131 Å². The van der Waals surface area contributed by atoms with Crippen molar-refractivity contribution in [2.75, 3.05) is 45.2 Å². The molecule has 0 aromatic heterocycles. The lowest BCUT2D eigenvalue weighted by atomic mass is 10.1. The van der Waals surface area contributed by atoms with Crippen LogP contribution in [0.4, 0.5) is 5.69 Å². The highest BCUT2D eigenvalue weighted by Crippen LogP contribution is 2.22. The third-order valence-corrected chi connectivity index (χ3v) is 3.46. The SMILES string of the molecule is CC(C)NC(=O)c1ccc(OCCN2CCOCC2)c(N)c1. The van der Waals surface area contributed by atoms with E-state index < -0.39 is 0 Å². The lowest BCUT2D eigenvalue weighted by Gasteiger charge is -2.26. The number of benzene rings is 1. The molecule has 0 bridgehead atoms. The number of nitrogen functional groups attached to an aromatic ring is 1. The number of hydrogen-bond donors (Lipinski definition) is 2. The van der Waals surface area contributed by atoms with E-state index in [-0.39, 0.29) is 11.9 Å². The van der Waals surface area contributed by atoms with E-state index in [1.807, 2.05) is 13.8 Å². The van der Waals surface area contributed by atoms with Gasteiger partial charge in [-0.15, -0.1) is 0 Å². The molecular weight excluding hydrogens is 282 g/mol.